The number of imide groups is 1. The van der Waals surface area contributed by atoms with E-state index in [0.717, 1.165) is 29.7 Å². The minimum Gasteiger partial charge on any atom is -0.495 e. The molecule has 1 aliphatic carbocycles. The summed E-state index contributed by atoms with van der Waals surface area (Å²) in [5.41, 5.74) is 3.34. The molecule has 8 heteroatoms. The number of amides is 2. The Balaban J connectivity index is 1.52. The Morgan fingerprint density at radius 3 is 2.56 bits per heavy atom. The predicted molar refractivity (Wildman–Crippen MR) is 131 cm³/mol. The number of anilines is 1. The quantitative estimate of drug-likeness (QED) is 0.420. The van der Waals surface area contributed by atoms with Gasteiger partial charge in [-0.05, 0) is 48.7 Å². The molecule has 34 heavy (non-hydrogen) atoms. The summed E-state index contributed by atoms with van der Waals surface area (Å²) in [7, 11) is 1.50. The average molecular weight is 490 g/mol. The molecule has 2 heterocycles. The van der Waals surface area contributed by atoms with E-state index >= 15 is 0 Å². The number of nitrogens with zero attached hydrogens (tertiary/aromatic N) is 3. The molecule has 0 bridgehead atoms. The number of ether oxygens (including phenoxy) is 1. The molecule has 0 spiro atoms. The highest BCUT2D eigenvalue weighted by atomic mass is 35.5. The van der Waals surface area contributed by atoms with Crippen LogP contribution < -0.4 is 9.64 Å². The first-order chi connectivity index (χ1) is 16.5. The molecule has 1 aliphatic heterocycles. The van der Waals surface area contributed by atoms with Gasteiger partial charge in [0.1, 0.15) is 16.8 Å². The van der Waals surface area contributed by atoms with Gasteiger partial charge in [0.05, 0.1) is 23.6 Å². The molecule has 1 atom stereocenters. The van der Waals surface area contributed by atoms with Crippen LogP contribution in [0.3, 0.4) is 0 Å². The summed E-state index contributed by atoms with van der Waals surface area (Å²) < 4.78 is 5.35. The Hall–Kier alpha value is -3.34. The van der Waals surface area contributed by atoms with Gasteiger partial charge in [-0.1, -0.05) is 47.6 Å². The van der Waals surface area contributed by atoms with Crippen LogP contribution >= 0.6 is 23.4 Å². The van der Waals surface area contributed by atoms with Crippen LogP contribution in [0.1, 0.15) is 36.4 Å². The maximum atomic E-state index is 13.3. The summed E-state index contributed by atoms with van der Waals surface area (Å²) in [6, 6.07) is 18.5. The maximum absolute atomic E-state index is 13.3. The van der Waals surface area contributed by atoms with E-state index in [0.29, 0.717) is 33.0 Å². The molecule has 1 aromatic heterocycles. The highest BCUT2D eigenvalue weighted by Crippen LogP contribution is 2.44. The zero-order valence-electron chi connectivity index (χ0n) is 18.3. The lowest BCUT2D eigenvalue weighted by Crippen LogP contribution is -2.31. The number of halogens is 1. The number of aromatic nitrogens is 1. The fourth-order valence-electron chi connectivity index (χ4n) is 4.08. The molecule has 2 fully saturated rings. The number of para-hydroxylation sites is 2. The van der Waals surface area contributed by atoms with Gasteiger partial charge >= 0.3 is 0 Å². The fourth-order valence-corrected chi connectivity index (χ4v) is 5.34. The van der Waals surface area contributed by atoms with Crippen LogP contribution in [-0.4, -0.2) is 29.2 Å². The second kappa shape index (κ2) is 9.13. The van der Waals surface area contributed by atoms with Crippen molar-refractivity contribution in [2.75, 3.05) is 12.0 Å². The predicted octanol–water partition coefficient (Wildman–Crippen LogP) is 5.58. The second-order valence-electron chi connectivity index (χ2n) is 8.22. The lowest BCUT2D eigenvalue weighted by Gasteiger charge is -2.18. The van der Waals surface area contributed by atoms with Gasteiger partial charge in [-0.3, -0.25) is 9.59 Å². The van der Waals surface area contributed by atoms with E-state index < -0.39 is 5.25 Å². The van der Waals surface area contributed by atoms with Crippen LogP contribution in [0.5, 0.6) is 5.75 Å². The number of thioether (sulfide) groups is 1. The highest BCUT2D eigenvalue weighted by Gasteiger charge is 2.42. The third kappa shape index (κ3) is 4.15. The number of methoxy groups -OCH3 is 1. The van der Waals surface area contributed by atoms with Gasteiger partial charge in [0.15, 0.2) is 0 Å². The number of hydrogen-bond donors (Lipinski definition) is 0. The summed E-state index contributed by atoms with van der Waals surface area (Å²) in [6.07, 6.45) is 2.12. The number of rotatable bonds is 6. The van der Waals surface area contributed by atoms with Gasteiger partial charge < -0.3 is 4.74 Å². The topological polar surface area (TPSA) is 83.3 Å². The first-order valence-electron chi connectivity index (χ1n) is 10.9. The lowest BCUT2D eigenvalue weighted by molar-refractivity contribution is -0.121. The van der Waals surface area contributed by atoms with Crippen LogP contribution in [0, 0.1) is 11.3 Å². The van der Waals surface area contributed by atoms with Crippen molar-refractivity contribution < 1.29 is 14.3 Å². The molecule has 0 radical (unpaired) electrons. The molecular weight excluding hydrogens is 470 g/mol. The lowest BCUT2D eigenvalue weighted by atomic mass is 10.0. The SMILES string of the molecule is COc1ccccc1N1C(=O)C[C@@H](Sc2nc(C3CC3)cc(-c3ccc(Cl)cc3)c2C#N)C1=O. The zero-order chi connectivity index (χ0) is 23.8. The molecule has 0 N–H and O–H groups in total. The fraction of sp³-hybridized carbons (Fsp3) is 0.231. The van der Waals surface area contributed by atoms with Gasteiger partial charge in [0.25, 0.3) is 0 Å². The van der Waals surface area contributed by atoms with E-state index in [4.69, 9.17) is 21.3 Å². The molecule has 6 nitrogen and oxygen atoms in total. The van der Waals surface area contributed by atoms with Crippen molar-refractivity contribution in [2.45, 2.75) is 35.5 Å². The van der Waals surface area contributed by atoms with E-state index in [9.17, 15) is 14.9 Å². The third-order valence-corrected chi connectivity index (χ3v) is 7.38. The molecule has 2 amide bonds. The van der Waals surface area contributed by atoms with Crippen LogP contribution in [0.2, 0.25) is 5.02 Å². The standard InChI is InChI=1S/C26H20ClN3O3S/c1-33-22-5-3-2-4-21(22)30-24(31)13-23(26(30)32)34-25-19(14-28)18(12-20(29-25)16-6-7-16)15-8-10-17(27)11-9-15/h2-5,8-12,16,23H,6-7,13H2,1H3/t23-/m1/s1. The van der Waals surface area contributed by atoms with Crippen molar-refractivity contribution in [1.82, 2.24) is 4.98 Å². The van der Waals surface area contributed by atoms with Crippen molar-refractivity contribution >= 4 is 40.9 Å². The van der Waals surface area contributed by atoms with E-state index in [1.807, 2.05) is 18.2 Å². The minimum absolute atomic E-state index is 0.0258. The number of carbonyl (C=O) groups excluding carboxylic acids is 2. The van der Waals surface area contributed by atoms with Crippen molar-refractivity contribution in [3.63, 3.8) is 0 Å². The van der Waals surface area contributed by atoms with E-state index in [-0.39, 0.29) is 18.2 Å². The molecule has 2 aromatic carbocycles. The van der Waals surface area contributed by atoms with Crippen LogP contribution in [0.4, 0.5) is 5.69 Å². The molecule has 1 saturated heterocycles. The summed E-state index contributed by atoms with van der Waals surface area (Å²) >= 11 is 7.25. The Kier molecular flexibility index (Phi) is 6.03. The minimum atomic E-state index is -0.676. The highest BCUT2D eigenvalue weighted by molar-refractivity contribution is 8.00. The van der Waals surface area contributed by atoms with E-state index in [2.05, 4.69) is 6.07 Å². The van der Waals surface area contributed by atoms with Gasteiger partial charge in [-0.25, -0.2) is 9.88 Å². The smallest absolute Gasteiger partial charge is 0.247 e. The monoisotopic (exact) mass is 489 g/mol. The van der Waals surface area contributed by atoms with Gasteiger partial charge in [-0.2, -0.15) is 5.26 Å². The Morgan fingerprint density at radius 1 is 1.15 bits per heavy atom. The maximum Gasteiger partial charge on any atom is 0.247 e. The van der Waals surface area contributed by atoms with Crippen molar-refractivity contribution in [2.24, 2.45) is 0 Å². The van der Waals surface area contributed by atoms with E-state index in [1.54, 1.807) is 36.4 Å². The summed E-state index contributed by atoms with van der Waals surface area (Å²) in [5.74, 6) is 0.160. The van der Waals surface area contributed by atoms with Gasteiger partial charge in [-0.15, -0.1) is 0 Å². The summed E-state index contributed by atoms with van der Waals surface area (Å²) in [6.45, 7) is 0. The number of hydrogen-bond acceptors (Lipinski definition) is 6. The number of benzene rings is 2. The molecule has 2 aliphatic rings. The number of carbonyl (C=O) groups is 2. The molecule has 170 valence electrons. The molecular formula is C26H20ClN3O3S. The van der Waals surface area contributed by atoms with Crippen LogP contribution in [-0.2, 0) is 9.59 Å². The number of pyridine rings is 1. The Labute approximate surface area is 206 Å². The molecule has 3 aromatic rings. The number of nitriles is 1. The first-order valence-corrected chi connectivity index (χ1v) is 12.1. The molecule has 5 rings (SSSR count). The van der Waals surface area contributed by atoms with E-state index in [1.165, 1.54) is 23.8 Å². The zero-order valence-corrected chi connectivity index (χ0v) is 19.9. The van der Waals surface area contributed by atoms with Crippen molar-refractivity contribution in [1.29, 1.82) is 5.26 Å². The summed E-state index contributed by atoms with van der Waals surface area (Å²) in [4.78, 5) is 32.1. The third-order valence-electron chi connectivity index (χ3n) is 5.95. The first kappa shape index (κ1) is 22.5. The van der Waals surface area contributed by atoms with Crippen LogP contribution in [0.25, 0.3) is 11.1 Å². The molecule has 0 unspecified atom stereocenters. The summed E-state index contributed by atoms with van der Waals surface area (Å²) in [5, 5.41) is 10.5. The van der Waals surface area contributed by atoms with Gasteiger partial charge in [0, 0.05) is 28.6 Å². The van der Waals surface area contributed by atoms with Crippen molar-refractivity contribution in [3.05, 3.63) is 70.9 Å². The van der Waals surface area contributed by atoms with Gasteiger partial charge in [0.2, 0.25) is 11.8 Å². The van der Waals surface area contributed by atoms with Crippen LogP contribution in [0.15, 0.2) is 59.6 Å². The second-order valence-corrected chi connectivity index (χ2v) is 9.85. The largest absolute Gasteiger partial charge is 0.495 e. The Bertz CT molecular complexity index is 1330. The molecule has 1 saturated carbocycles. The Morgan fingerprint density at radius 2 is 1.88 bits per heavy atom. The normalized spacial score (nSPS) is 17.7. The average Bonchev–Trinajstić information content (AvgIpc) is 3.66. The van der Waals surface area contributed by atoms with Crippen molar-refractivity contribution in [3.8, 4) is 22.9 Å².